The molecule has 0 aliphatic heterocycles. The van der Waals surface area contributed by atoms with Crippen LogP contribution in [0.4, 0.5) is 5.69 Å². The number of carbonyl (C=O) groups is 2. The van der Waals surface area contributed by atoms with E-state index in [1.165, 1.54) is 4.90 Å². The summed E-state index contributed by atoms with van der Waals surface area (Å²) < 4.78 is 0.823. The Morgan fingerprint density at radius 3 is 2.81 bits per heavy atom. The summed E-state index contributed by atoms with van der Waals surface area (Å²) in [5, 5.41) is 2.80. The molecular formula is C16H19BrN2O2. The van der Waals surface area contributed by atoms with Crippen LogP contribution in [0.1, 0.15) is 19.3 Å². The van der Waals surface area contributed by atoms with Crippen LogP contribution in [0.3, 0.4) is 0 Å². The van der Waals surface area contributed by atoms with Crippen molar-refractivity contribution in [2.75, 3.05) is 18.9 Å². The molecule has 5 heteroatoms. The number of carbonyl (C=O) groups excluding carboxylic acids is 2. The molecule has 1 aromatic carbocycles. The standard InChI is InChI=1S/C16H19BrN2O2/c1-19(16(21)10-12-6-2-3-7-12)11-15(20)18-14-9-5-4-8-13(14)17/h2,4-6,8-9,12H,3,7,10-11H2,1H3,(H,18,20). The molecule has 1 aromatic rings. The number of para-hydroxylation sites is 1. The van der Waals surface area contributed by atoms with Gasteiger partial charge in [0.2, 0.25) is 11.8 Å². The minimum absolute atomic E-state index is 0.00817. The summed E-state index contributed by atoms with van der Waals surface area (Å²) in [5.41, 5.74) is 0.710. The lowest BCUT2D eigenvalue weighted by Gasteiger charge is -2.18. The molecule has 2 rings (SSSR count). The Morgan fingerprint density at radius 1 is 1.38 bits per heavy atom. The summed E-state index contributed by atoms with van der Waals surface area (Å²) in [6.45, 7) is 0.0661. The van der Waals surface area contributed by atoms with Gasteiger partial charge >= 0.3 is 0 Å². The van der Waals surface area contributed by atoms with Crippen molar-refractivity contribution in [1.82, 2.24) is 4.90 Å². The molecule has 1 aliphatic rings. The first-order valence-electron chi connectivity index (χ1n) is 7.01. The van der Waals surface area contributed by atoms with E-state index in [0.717, 1.165) is 17.3 Å². The zero-order valence-corrected chi connectivity index (χ0v) is 13.6. The molecule has 112 valence electrons. The summed E-state index contributed by atoms with van der Waals surface area (Å²) in [4.78, 5) is 25.5. The smallest absolute Gasteiger partial charge is 0.244 e. The number of halogens is 1. The van der Waals surface area contributed by atoms with Crippen LogP contribution < -0.4 is 5.32 Å². The van der Waals surface area contributed by atoms with Crippen molar-refractivity contribution in [3.63, 3.8) is 0 Å². The predicted molar refractivity (Wildman–Crippen MR) is 86.9 cm³/mol. The maximum atomic E-state index is 12.1. The molecule has 0 heterocycles. The van der Waals surface area contributed by atoms with E-state index < -0.39 is 0 Å². The molecule has 0 saturated heterocycles. The van der Waals surface area contributed by atoms with Gasteiger partial charge < -0.3 is 10.2 Å². The van der Waals surface area contributed by atoms with E-state index in [9.17, 15) is 9.59 Å². The summed E-state index contributed by atoms with van der Waals surface area (Å²) in [6.07, 6.45) is 6.76. The van der Waals surface area contributed by atoms with Crippen LogP contribution in [0.5, 0.6) is 0 Å². The summed E-state index contributed by atoms with van der Waals surface area (Å²) in [7, 11) is 1.67. The highest BCUT2D eigenvalue weighted by molar-refractivity contribution is 9.10. The third-order valence-corrected chi connectivity index (χ3v) is 4.20. The summed E-state index contributed by atoms with van der Waals surface area (Å²) in [6, 6.07) is 7.40. The number of nitrogens with zero attached hydrogens (tertiary/aromatic N) is 1. The van der Waals surface area contributed by atoms with E-state index in [0.29, 0.717) is 18.0 Å². The zero-order chi connectivity index (χ0) is 15.2. The van der Waals surface area contributed by atoms with E-state index >= 15 is 0 Å². The lowest BCUT2D eigenvalue weighted by atomic mass is 10.0. The Balaban J connectivity index is 1.82. The first-order valence-corrected chi connectivity index (χ1v) is 7.80. The van der Waals surface area contributed by atoms with Crippen LogP contribution in [0, 0.1) is 5.92 Å². The minimum atomic E-state index is -0.195. The van der Waals surface area contributed by atoms with Gasteiger partial charge in [0, 0.05) is 17.9 Å². The third-order valence-electron chi connectivity index (χ3n) is 3.50. The fourth-order valence-corrected chi connectivity index (χ4v) is 2.69. The van der Waals surface area contributed by atoms with Crippen molar-refractivity contribution >= 4 is 33.4 Å². The van der Waals surface area contributed by atoms with Crippen LogP contribution in [0.2, 0.25) is 0 Å². The first kappa shape index (κ1) is 15.8. The topological polar surface area (TPSA) is 49.4 Å². The van der Waals surface area contributed by atoms with Gasteiger partial charge in [-0.25, -0.2) is 0 Å². The molecule has 0 spiro atoms. The fourth-order valence-electron chi connectivity index (χ4n) is 2.30. The Morgan fingerprint density at radius 2 is 2.14 bits per heavy atom. The van der Waals surface area contributed by atoms with Crippen LogP contribution in [0.15, 0.2) is 40.9 Å². The lowest BCUT2D eigenvalue weighted by Crippen LogP contribution is -2.35. The van der Waals surface area contributed by atoms with Gasteiger partial charge in [0.05, 0.1) is 12.2 Å². The maximum Gasteiger partial charge on any atom is 0.244 e. The molecule has 0 bridgehead atoms. The summed E-state index contributed by atoms with van der Waals surface area (Å²) in [5.74, 6) is 0.139. The van der Waals surface area contributed by atoms with Crippen molar-refractivity contribution < 1.29 is 9.59 Å². The molecule has 1 N–H and O–H groups in total. The molecule has 0 radical (unpaired) electrons. The number of likely N-dealkylation sites (N-methyl/N-ethyl adjacent to an activating group) is 1. The second-order valence-electron chi connectivity index (χ2n) is 5.25. The van der Waals surface area contributed by atoms with E-state index in [2.05, 4.69) is 33.4 Å². The molecule has 0 saturated carbocycles. The number of anilines is 1. The van der Waals surface area contributed by atoms with E-state index in [1.807, 2.05) is 24.3 Å². The summed E-state index contributed by atoms with van der Waals surface area (Å²) >= 11 is 3.38. The Kier molecular flexibility index (Phi) is 5.56. The van der Waals surface area contributed by atoms with Gasteiger partial charge in [-0.2, -0.15) is 0 Å². The van der Waals surface area contributed by atoms with Crippen molar-refractivity contribution in [3.05, 3.63) is 40.9 Å². The maximum absolute atomic E-state index is 12.1. The third kappa shape index (κ3) is 4.70. The van der Waals surface area contributed by atoms with Gasteiger partial charge in [0.1, 0.15) is 0 Å². The highest BCUT2D eigenvalue weighted by Gasteiger charge is 2.18. The van der Waals surface area contributed by atoms with Crippen LogP contribution in [0.25, 0.3) is 0 Å². The number of benzene rings is 1. The normalized spacial score (nSPS) is 16.8. The van der Waals surface area contributed by atoms with Gasteiger partial charge in [-0.3, -0.25) is 9.59 Å². The zero-order valence-electron chi connectivity index (χ0n) is 12.0. The van der Waals surface area contributed by atoms with E-state index in [1.54, 1.807) is 7.05 Å². The molecule has 0 fully saturated rings. The second-order valence-corrected chi connectivity index (χ2v) is 6.10. The van der Waals surface area contributed by atoms with Gasteiger partial charge in [-0.15, -0.1) is 0 Å². The number of hydrogen-bond acceptors (Lipinski definition) is 2. The SMILES string of the molecule is CN(CC(=O)Nc1ccccc1Br)C(=O)CC1C=CCC1. The number of allylic oxidation sites excluding steroid dienone is 2. The molecule has 0 aromatic heterocycles. The average molecular weight is 351 g/mol. The van der Waals surface area contributed by atoms with Gasteiger partial charge in [-0.1, -0.05) is 24.3 Å². The van der Waals surface area contributed by atoms with Crippen LogP contribution in [-0.4, -0.2) is 30.3 Å². The van der Waals surface area contributed by atoms with Crippen LogP contribution in [-0.2, 0) is 9.59 Å². The lowest BCUT2D eigenvalue weighted by molar-refractivity contribution is -0.133. The van der Waals surface area contributed by atoms with Gasteiger partial charge in [-0.05, 0) is 46.8 Å². The molecule has 1 aliphatic carbocycles. The van der Waals surface area contributed by atoms with Crippen molar-refractivity contribution in [2.24, 2.45) is 5.92 Å². The van der Waals surface area contributed by atoms with Crippen molar-refractivity contribution in [2.45, 2.75) is 19.3 Å². The quantitative estimate of drug-likeness (QED) is 0.829. The van der Waals surface area contributed by atoms with Gasteiger partial charge in [0.25, 0.3) is 0 Å². The van der Waals surface area contributed by atoms with E-state index in [-0.39, 0.29) is 18.4 Å². The largest absolute Gasteiger partial charge is 0.336 e. The molecule has 4 nitrogen and oxygen atoms in total. The highest BCUT2D eigenvalue weighted by atomic mass is 79.9. The van der Waals surface area contributed by atoms with Gasteiger partial charge in [0.15, 0.2) is 0 Å². The Labute approximate surface area is 133 Å². The average Bonchev–Trinajstić information content (AvgIpc) is 2.94. The molecule has 2 amide bonds. The van der Waals surface area contributed by atoms with Crippen molar-refractivity contribution in [3.8, 4) is 0 Å². The minimum Gasteiger partial charge on any atom is -0.336 e. The first-order chi connectivity index (χ1) is 10.1. The number of rotatable bonds is 5. The van der Waals surface area contributed by atoms with Crippen LogP contribution >= 0.6 is 15.9 Å². The Bertz CT molecular complexity index is 557. The molecule has 21 heavy (non-hydrogen) atoms. The fraction of sp³-hybridized carbons (Fsp3) is 0.375. The predicted octanol–water partition coefficient (Wildman–Crippen LogP) is 3.20. The van der Waals surface area contributed by atoms with Crippen molar-refractivity contribution in [1.29, 1.82) is 0 Å². The number of hydrogen-bond donors (Lipinski definition) is 1. The number of amides is 2. The Hall–Kier alpha value is -1.62. The molecule has 1 atom stereocenters. The monoisotopic (exact) mass is 350 g/mol. The second kappa shape index (κ2) is 7.41. The van der Waals surface area contributed by atoms with E-state index in [4.69, 9.17) is 0 Å². The molecular weight excluding hydrogens is 332 g/mol. The molecule has 1 unspecified atom stereocenters. The number of nitrogens with one attached hydrogen (secondary N) is 1. The highest BCUT2D eigenvalue weighted by Crippen LogP contribution is 2.22.